The smallest absolute Gasteiger partial charge is 0.318 e. The van der Waals surface area contributed by atoms with Crippen molar-refractivity contribution in [1.82, 2.24) is 10.3 Å². The zero-order chi connectivity index (χ0) is 12.0. The van der Waals surface area contributed by atoms with Gasteiger partial charge >= 0.3 is 6.03 Å². The first kappa shape index (κ1) is 11.5. The van der Waals surface area contributed by atoms with E-state index in [0.717, 1.165) is 0 Å². The van der Waals surface area contributed by atoms with Gasteiger partial charge in [-0.1, -0.05) is 0 Å². The molecule has 0 bridgehead atoms. The molecule has 1 rings (SSSR count). The third kappa shape index (κ3) is 2.95. The van der Waals surface area contributed by atoms with Crippen molar-refractivity contribution in [3.05, 3.63) is 23.9 Å². The fourth-order valence-corrected chi connectivity index (χ4v) is 0.967. The number of aromatic nitrogens is 1. The lowest BCUT2D eigenvalue weighted by Gasteiger charge is -2.08. The molecule has 0 saturated heterocycles. The summed E-state index contributed by atoms with van der Waals surface area (Å²) in [5.41, 5.74) is 5.28. The van der Waals surface area contributed by atoms with Gasteiger partial charge in [0.05, 0.1) is 5.56 Å². The van der Waals surface area contributed by atoms with Gasteiger partial charge in [0.25, 0.3) is 0 Å². The van der Waals surface area contributed by atoms with Crippen molar-refractivity contribution in [3.63, 3.8) is 0 Å². The van der Waals surface area contributed by atoms with Gasteiger partial charge < -0.3 is 11.1 Å². The van der Waals surface area contributed by atoms with Crippen LogP contribution >= 0.6 is 0 Å². The van der Waals surface area contributed by atoms with Crippen LogP contribution in [0.4, 0.5) is 10.6 Å². The second-order valence-corrected chi connectivity index (χ2v) is 2.70. The van der Waals surface area contributed by atoms with Gasteiger partial charge in [0.1, 0.15) is 6.07 Å². The summed E-state index contributed by atoms with van der Waals surface area (Å²) in [6, 6.07) is 4.43. The van der Waals surface area contributed by atoms with Gasteiger partial charge in [0.15, 0.2) is 5.82 Å². The van der Waals surface area contributed by atoms with E-state index in [9.17, 15) is 4.79 Å². The molecule has 0 aromatic carbocycles. The number of carbonyl (C=O) groups is 1. The number of nitrogens with zero attached hydrogens (tertiary/aromatic N) is 3. The topological polar surface area (TPSA) is 116 Å². The molecule has 82 valence electrons. The molecule has 0 aliphatic carbocycles. The fraction of sp³-hybridized carbons (Fsp3) is 0.111. The highest BCUT2D eigenvalue weighted by Crippen LogP contribution is 2.08. The molecule has 4 N–H and O–H groups in total. The Morgan fingerprint density at radius 3 is 3.00 bits per heavy atom. The Bertz CT molecular complexity index is 461. The second kappa shape index (κ2) is 5.31. The predicted octanol–water partition coefficient (Wildman–Crippen LogP) is 0.0193. The quantitative estimate of drug-likeness (QED) is 0.455. The van der Waals surface area contributed by atoms with Crippen LogP contribution in [0, 0.1) is 11.3 Å². The van der Waals surface area contributed by atoms with Gasteiger partial charge in [-0.3, -0.25) is 10.3 Å². The molecule has 16 heavy (non-hydrogen) atoms. The number of urea groups is 1. The minimum Gasteiger partial charge on any atom is -0.351 e. The lowest BCUT2D eigenvalue weighted by molar-refractivity contribution is 0.253. The number of nitriles is 1. The molecule has 0 aliphatic rings. The van der Waals surface area contributed by atoms with E-state index >= 15 is 0 Å². The summed E-state index contributed by atoms with van der Waals surface area (Å²) in [5.74, 6) is 0.432. The third-order valence-electron chi connectivity index (χ3n) is 1.63. The van der Waals surface area contributed by atoms with E-state index in [1.165, 1.54) is 13.2 Å². The first-order valence-corrected chi connectivity index (χ1v) is 4.32. The summed E-state index contributed by atoms with van der Waals surface area (Å²) >= 11 is 0. The number of pyridine rings is 1. The van der Waals surface area contributed by atoms with Gasteiger partial charge in [-0.05, 0) is 12.1 Å². The molecule has 0 atom stereocenters. The molecule has 1 aromatic rings. The number of hydrogen-bond donors (Lipinski definition) is 3. The van der Waals surface area contributed by atoms with Crippen LogP contribution in [0.2, 0.25) is 0 Å². The fourth-order valence-electron chi connectivity index (χ4n) is 0.967. The minimum absolute atomic E-state index is 0.127. The van der Waals surface area contributed by atoms with Gasteiger partial charge in [-0.25, -0.2) is 9.78 Å². The molecule has 2 amide bonds. The SMILES string of the molecule is CN=C(NC(N)=O)Nc1ncccc1C#N. The number of nitrogens with one attached hydrogen (secondary N) is 2. The van der Waals surface area contributed by atoms with Gasteiger partial charge in [-0.15, -0.1) is 0 Å². The third-order valence-corrected chi connectivity index (χ3v) is 1.63. The maximum atomic E-state index is 10.6. The van der Waals surface area contributed by atoms with Crippen molar-refractivity contribution in [3.8, 4) is 6.07 Å². The highest BCUT2D eigenvalue weighted by atomic mass is 16.2. The number of carbonyl (C=O) groups excluding carboxylic acids is 1. The van der Waals surface area contributed by atoms with E-state index < -0.39 is 6.03 Å². The Kier molecular flexibility index (Phi) is 3.80. The van der Waals surface area contributed by atoms with Crippen LogP contribution in [0.3, 0.4) is 0 Å². The lowest BCUT2D eigenvalue weighted by atomic mass is 10.3. The average Bonchev–Trinajstić information content (AvgIpc) is 2.28. The first-order valence-electron chi connectivity index (χ1n) is 4.32. The molecular formula is C9H10N6O. The lowest BCUT2D eigenvalue weighted by Crippen LogP contribution is -2.39. The number of aliphatic imine (C=N–C) groups is 1. The Hall–Kier alpha value is -2.62. The largest absolute Gasteiger partial charge is 0.351 e. The molecule has 0 radical (unpaired) electrons. The maximum absolute atomic E-state index is 10.6. The monoisotopic (exact) mass is 218 g/mol. The summed E-state index contributed by atoms with van der Waals surface area (Å²) in [4.78, 5) is 18.3. The van der Waals surface area contributed by atoms with Crippen molar-refractivity contribution in [2.75, 3.05) is 12.4 Å². The van der Waals surface area contributed by atoms with Crippen LogP contribution in [0.15, 0.2) is 23.3 Å². The van der Waals surface area contributed by atoms with Crippen LogP contribution in [0.1, 0.15) is 5.56 Å². The Morgan fingerprint density at radius 1 is 1.69 bits per heavy atom. The number of anilines is 1. The summed E-state index contributed by atoms with van der Waals surface area (Å²) in [7, 11) is 1.47. The van der Waals surface area contributed by atoms with Crippen LogP contribution < -0.4 is 16.4 Å². The standard InChI is InChI=1S/C9H10N6O/c1-12-9(15-8(11)16)14-7-6(5-10)3-2-4-13-7/h2-4H,1H3,(H4,11,12,13,14,15,16). The van der Waals surface area contributed by atoms with Crippen molar-refractivity contribution in [2.45, 2.75) is 0 Å². The van der Waals surface area contributed by atoms with Gasteiger partial charge in [0, 0.05) is 13.2 Å². The molecule has 0 spiro atoms. The minimum atomic E-state index is -0.748. The van der Waals surface area contributed by atoms with Crippen molar-refractivity contribution < 1.29 is 4.79 Å². The molecule has 1 heterocycles. The molecule has 7 heteroatoms. The maximum Gasteiger partial charge on any atom is 0.318 e. The zero-order valence-electron chi connectivity index (χ0n) is 8.56. The molecule has 0 fully saturated rings. The van der Waals surface area contributed by atoms with Crippen LogP contribution in [-0.2, 0) is 0 Å². The van der Waals surface area contributed by atoms with E-state index in [-0.39, 0.29) is 5.96 Å². The number of primary amides is 1. The van der Waals surface area contributed by atoms with Gasteiger partial charge in [-0.2, -0.15) is 5.26 Å². The van der Waals surface area contributed by atoms with E-state index in [1.807, 2.05) is 6.07 Å². The molecule has 7 nitrogen and oxygen atoms in total. The zero-order valence-corrected chi connectivity index (χ0v) is 8.56. The predicted molar refractivity (Wildman–Crippen MR) is 58.7 cm³/mol. The normalized spacial score (nSPS) is 10.4. The van der Waals surface area contributed by atoms with Crippen molar-refractivity contribution in [1.29, 1.82) is 5.26 Å². The van der Waals surface area contributed by atoms with Crippen LogP contribution in [0.25, 0.3) is 0 Å². The number of amides is 2. The molecule has 0 aliphatic heterocycles. The summed E-state index contributed by atoms with van der Waals surface area (Å²) in [6.45, 7) is 0. The van der Waals surface area contributed by atoms with E-state index in [0.29, 0.717) is 11.4 Å². The van der Waals surface area contributed by atoms with Crippen molar-refractivity contribution >= 4 is 17.8 Å². The summed E-state index contributed by atoms with van der Waals surface area (Å²) in [6.07, 6.45) is 1.51. The van der Waals surface area contributed by atoms with Gasteiger partial charge in [0.2, 0.25) is 5.96 Å². The molecule has 0 unspecified atom stereocenters. The molecular weight excluding hydrogens is 208 g/mol. The summed E-state index contributed by atoms with van der Waals surface area (Å²) < 4.78 is 0. The van der Waals surface area contributed by atoms with E-state index in [4.69, 9.17) is 11.0 Å². The molecule has 0 saturated carbocycles. The number of rotatable bonds is 1. The second-order valence-electron chi connectivity index (χ2n) is 2.70. The van der Waals surface area contributed by atoms with Crippen LogP contribution in [0.5, 0.6) is 0 Å². The number of hydrogen-bond acceptors (Lipinski definition) is 4. The molecule has 1 aromatic heterocycles. The van der Waals surface area contributed by atoms with E-state index in [2.05, 4.69) is 20.6 Å². The average molecular weight is 218 g/mol. The highest BCUT2D eigenvalue weighted by molar-refractivity contribution is 6.03. The first-order chi connectivity index (χ1) is 7.67. The Morgan fingerprint density at radius 2 is 2.44 bits per heavy atom. The van der Waals surface area contributed by atoms with Crippen molar-refractivity contribution in [2.24, 2.45) is 10.7 Å². The number of nitrogens with two attached hydrogens (primary N) is 1. The Labute approximate surface area is 92.0 Å². The highest BCUT2D eigenvalue weighted by Gasteiger charge is 2.06. The number of guanidine groups is 1. The summed E-state index contributed by atoms with van der Waals surface area (Å²) in [5, 5.41) is 13.7. The Balaban J connectivity index is 2.87. The van der Waals surface area contributed by atoms with E-state index in [1.54, 1.807) is 12.1 Å². The van der Waals surface area contributed by atoms with Crippen LogP contribution in [-0.4, -0.2) is 24.0 Å².